The maximum Gasteiger partial charge on any atom is 0.303 e. The molecular formula is C30H36N2O5. The highest BCUT2D eigenvalue weighted by molar-refractivity contribution is 5.92. The Hall–Kier alpha value is -3.58. The highest BCUT2D eigenvalue weighted by Crippen LogP contribution is 2.54. The lowest BCUT2D eigenvalue weighted by atomic mass is 9.55. The van der Waals surface area contributed by atoms with Gasteiger partial charge < -0.3 is 19.9 Å². The van der Waals surface area contributed by atoms with E-state index in [1.165, 1.54) is 13.0 Å². The van der Waals surface area contributed by atoms with Gasteiger partial charge in [0, 0.05) is 37.5 Å². The number of hydrogen-bond donors (Lipinski definition) is 2. The van der Waals surface area contributed by atoms with Crippen molar-refractivity contribution in [2.24, 2.45) is 0 Å². The molecule has 1 saturated heterocycles. The number of nitrogens with zero attached hydrogens (tertiary/aromatic N) is 1. The van der Waals surface area contributed by atoms with Gasteiger partial charge >= 0.3 is 5.97 Å². The summed E-state index contributed by atoms with van der Waals surface area (Å²) in [5.41, 5.74) is 0.580. The number of phenols is 1. The van der Waals surface area contributed by atoms with Crippen molar-refractivity contribution >= 4 is 18.0 Å². The zero-order valence-corrected chi connectivity index (χ0v) is 21.6. The van der Waals surface area contributed by atoms with Crippen LogP contribution in [0.15, 0.2) is 67.3 Å². The summed E-state index contributed by atoms with van der Waals surface area (Å²) in [7, 11) is 1.64. The van der Waals surface area contributed by atoms with Gasteiger partial charge in [0.15, 0.2) is 0 Å². The number of esters is 1. The van der Waals surface area contributed by atoms with Crippen molar-refractivity contribution in [3.63, 3.8) is 0 Å². The number of benzene rings is 2. The average molecular weight is 505 g/mol. The van der Waals surface area contributed by atoms with Gasteiger partial charge in [-0.1, -0.05) is 30.3 Å². The summed E-state index contributed by atoms with van der Waals surface area (Å²) in [4.78, 5) is 27.6. The Balaban J connectivity index is 1.65. The molecule has 3 atom stereocenters. The molecule has 196 valence electrons. The molecule has 4 rings (SSSR count). The van der Waals surface area contributed by atoms with Crippen molar-refractivity contribution in [2.45, 2.75) is 49.7 Å². The lowest BCUT2D eigenvalue weighted by molar-refractivity contribution is -0.186. The first kappa shape index (κ1) is 26.5. The second-order valence-corrected chi connectivity index (χ2v) is 10.1. The van der Waals surface area contributed by atoms with Crippen LogP contribution >= 0.6 is 0 Å². The summed E-state index contributed by atoms with van der Waals surface area (Å²) < 4.78 is 11.8. The second-order valence-electron chi connectivity index (χ2n) is 10.1. The van der Waals surface area contributed by atoms with E-state index in [0.29, 0.717) is 25.8 Å². The summed E-state index contributed by atoms with van der Waals surface area (Å²) in [6.07, 6.45) is 7.78. The maximum absolute atomic E-state index is 12.9. The molecular weight excluding hydrogens is 468 g/mol. The number of piperidine rings is 1. The number of phenolic OH excluding ortho intramolecular Hbond substituents is 1. The highest BCUT2D eigenvalue weighted by atomic mass is 16.6. The van der Waals surface area contributed by atoms with Crippen LogP contribution in [0.25, 0.3) is 6.08 Å². The van der Waals surface area contributed by atoms with Crippen molar-refractivity contribution < 1.29 is 24.2 Å². The lowest BCUT2D eigenvalue weighted by Gasteiger charge is -2.59. The average Bonchev–Trinajstić information content (AvgIpc) is 2.87. The zero-order valence-electron chi connectivity index (χ0n) is 21.6. The minimum Gasteiger partial charge on any atom is -0.508 e. The van der Waals surface area contributed by atoms with Crippen LogP contribution in [0.3, 0.4) is 0 Å². The fraction of sp³-hybridized carbons (Fsp3) is 0.400. The van der Waals surface area contributed by atoms with Crippen molar-refractivity contribution in [2.75, 3.05) is 26.7 Å². The van der Waals surface area contributed by atoms with E-state index >= 15 is 0 Å². The molecule has 37 heavy (non-hydrogen) atoms. The molecule has 0 unspecified atom stereocenters. The van der Waals surface area contributed by atoms with E-state index in [1.807, 2.05) is 30.3 Å². The number of rotatable bonds is 8. The molecule has 0 spiro atoms. The quantitative estimate of drug-likeness (QED) is 0.318. The minimum absolute atomic E-state index is 0.0952. The first-order valence-electron chi connectivity index (χ1n) is 12.7. The Morgan fingerprint density at radius 1 is 1.22 bits per heavy atom. The molecule has 2 aromatic rings. The van der Waals surface area contributed by atoms with Crippen molar-refractivity contribution in [3.8, 4) is 11.5 Å². The Morgan fingerprint density at radius 2 is 2.03 bits per heavy atom. The van der Waals surface area contributed by atoms with Gasteiger partial charge in [-0.25, -0.2) is 0 Å². The topological polar surface area (TPSA) is 88.1 Å². The summed E-state index contributed by atoms with van der Waals surface area (Å²) >= 11 is 0. The van der Waals surface area contributed by atoms with E-state index in [4.69, 9.17) is 9.47 Å². The normalized spacial score (nSPS) is 25.7. The molecule has 0 aromatic heterocycles. The number of nitrogens with one attached hydrogen (secondary N) is 1. The van der Waals surface area contributed by atoms with E-state index < -0.39 is 11.0 Å². The maximum atomic E-state index is 12.9. The van der Waals surface area contributed by atoms with Crippen LogP contribution in [0.4, 0.5) is 0 Å². The molecule has 1 aliphatic carbocycles. The first-order chi connectivity index (χ1) is 17.8. The van der Waals surface area contributed by atoms with Crippen LogP contribution in [0.1, 0.15) is 43.7 Å². The predicted molar refractivity (Wildman–Crippen MR) is 143 cm³/mol. The third-order valence-electron chi connectivity index (χ3n) is 7.69. The van der Waals surface area contributed by atoms with E-state index in [-0.39, 0.29) is 23.7 Å². The van der Waals surface area contributed by atoms with Crippen LogP contribution in [0, 0.1) is 0 Å². The van der Waals surface area contributed by atoms with E-state index in [1.54, 1.807) is 31.4 Å². The molecule has 0 radical (unpaired) electrons. The van der Waals surface area contributed by atoms with Crippen LogP contribution in [0.5, 0.6) is 11.5 Å². The van der Waals surface area contributed by atoms with Crippen LogP contribution < -0.4 is 10.1 Å². The van der Waals surface area contributed by atoms with Crippen LogP contribution in [0.2, 0.25) is 0 Å². The van der Waals surface area contributed by atoms with Gasteiger partial charge in [-0.3, -0.25) is 14.5 Å². The van der Waals surface area contributed by atoms with Crippen molar-refractivity contribution in [3.05, 3.63) is 78.4 Å². The van der Waals surface area contributed by atoms with Crippen LogP contribution in [-0.2, 0) is 19.7 Å². The molecule has 1 aliphatic heterocycles. The Bertz CT molecular complexity index is 1180. The Morgan fingerprint density at radius 3 is 2.76 bits per heavy atom. The molecule has 1 heterocycles. The summed E-state index contributed by atoms with van der Waals surface area (Å²) in [5.74, 6) is 0.402. The van der Waals surface area contributed by atoms with Crippen LogP contribution in [-0.4, -0.2) is 60.3 Å². The molecule has 1 saturated carbocycles. The summed E-state index contributed by atoms with van der Waals surface area (Å²) in [6.45, 7) is 7.51. The monoisotopic (exact) mass is 504 g/mol. The standard InChI is InChI=1S/C30H36N2O5/c1-4-16-32-17-15-29(24-8-6-10-27(19-24)36-3)20-25(13-14-30(29,21-32)37-22(2)33)31-28(35)12-11-23-7-5-9-26(34)18-23/h4-12,18-19,25,34H,1,13-17,20-21H2,2-3H3,(H,31,35)/t25-,29+,30+/m1/s1. The molecule has 0 bridgehead atoms. The molecule has 2 fully saturated rings. The van der Waals surface area contributed by atoms with Gasteiger partial charge in [-0.15, -0.1) is 6.58 Å². The molecule has 7 nitrogen and oxygen atoms in total. The number of fused-ring (bicyclic) bond motifs is 1. The Kier molecular flexibility index (Phi) is 8.03. The SMILES string of the molecule is C=CCN1CC[C@@]2(c3cccc(OC)c3)C[C@H](NC(=O)C=Cc3cccc(O)c3)CC[C@]2(OC(C)=O)C1. The number of carbonyl (C=O) groups excluding carboxylic acids is 2. The third-order valence-corrected chi connectivity index (χ3v) is 7.69. The van der Waals surface area contributed by atoms with Gasteiger partial charge in [0.05, 0.1) is 7.11 Å². The smallest absolute Gasteiger partial charge is 0.303 e. The highest BCUT2D eigenvalue weighted by Gasteiger charge is 2.60. The number of ether oxygens (including phenoxy) is 2. The number of aromatic hydroxyl groups is 1. The minimum atomic E-state index is -0.731. The van der Waals surface area contributed by atoms with E-state index in [9.17, 15) is 14.7 Å². The molecule has 1 amide bonds. The Labute approximate surface area is 218 Å². The molecule has 2 aromatic carbocycles. The second kappa shape index (κ2) is 11.2. The zero-order chi connectivity index (χ0) is 26.5. The molecule has 2 N–H and O–H groups in total. The third kappa shape index (κ3) is 5.72. The van der Waals surface area contributed by atoms with Crippen molar-refractivity contribution in [1.29, 1.82) is 0 Å². The number of likely N-dealkylation sites (tertiary alicyclic amines) is 1. The summed E-state index contributed by atoms with van der Waals surface area (Å²) in [5, 5.41) is 12.9. The predicted octanol–water partition coefficient (Wildman–Crippen LogP) is 4.21. The summed E-state index contributed by atoms with van der Waals surface area (Å²) in [6, 6.07) is 14.7. The first-order valence-corrected chi connectivity index (χ1v) is 12.7. The van der Waals surface area contributed by atoms with Crippen molar-refractivity contribution in [1.82, 2.24) is 10.2 Å². The fourth-order valence-electron chi connectivity index (χ4n) is 6.12. The van der Waals surface area contributed by atoms with E-state index in [0.717, 1.165) is 36.4 Å². The number of methoxy groups -OCH3 is 1. The van der Waals surface area contributed by atoms with Gasteiger partial charge in [-0.05, 0) is 73.7 Å². The number of hydrogen-bond acceptors (Lipinski definition) is 6. The van der Waals surface area contributed by atoms with Gasteiger partial charge in [-0.2, -0.15) is 0 Å². The number of amides is 1. The lowest BCUT2D eigenvalue weighted by Crippen LogP contribution is -2.68. The van der Waals surface area contributed by atoms with Gasteiger partial charge in [0.1, 0.15) is 17.1 Å². The van der Waals surface area contributed by atoms with Gasteiger partial charge in [0.25, 0.3) is 0 Å². The fourth-order valence-corrected chi connectivity index (χ4v) is 6.12. The molecule has 2 aliphatic rings. The molecule has 7 heteroatoms. The largest absolute Gasteiger partial charge is 0.508 e. The van der Waals surface area contributed by atoms with Gasteiger partial charge in [0.2, 0.25) is 5.91 Å². The number of carbonyl (C=O) groups is 2. The van der Waals surface area contributed by atoms with E-state index in [2.05, 4.69) is 22.9 Å².